The highest BCUT2D eigenvalue weighted by molar-refractivity contribution is 7.99. The summed E-state index contributed by atoms with van der Waals surface area (Å²) in [6.45, 7) is 7.23. The van der Waals surface area contributed by atoms with Crippen LogP contribution in [-0.4, -0.2) is 31.3 Å². The maximum Gasteiger partial charge on any atom is 0.233 e. The van der Waals surface area contributed by atoms with Gasteiger partial charge in [-0.05, 0) is 68.3 Å². The molecule has 0 bridgehead atoms. The van der Waals surface area contributed by atoms with E-state index in [-0.39, 0.29) is 11.7 Å². The van der Waals surface area contributed by atoms with Crippen molar-refractivity contribution < 1.29 is 9.21 Å². The molecule has 0 saturated carbocycles. The average Bonchev–Trinajstić information content (AvgIpc) is 3.50. The van der Waals surface area contributed by atoms with Crippen LogP contribution in [0.3, 0.4) is 0 Å². The summed E-state index contributed by atoms with van der Waals surface area (Å²) in [5, 5.41) is 8.98. The molecule has 1 aromatic carbocycles. The first-order chi connectivity index (χ1) is 15.0. The molecule has 4 rings (SSSR count). The summed E-state index contributed by atoms with van der Waals surface area (Å²) in [4.78, 5) is 17.3. The standard InChI is InChI=1S/C23H24N4O2S2/c1-16-6-8-19(11-17(16)2)27-15-24-25-23(27)30-14-22(28)26(12-20-5-4-10-29-20)13-21-9-7-18(3)31-21/h4-11,15H,12-14H2,1-3H3. The second-order valence-electron chi connectivity index (χ2n) is 7.38. The molecule has 0 spiro atoms. The molecule has 0 N–H and O–H groups in total. The predicted molar refractivity (Wildman–Crippen MR) is 124 cm³/mol. The number of carbonyl (C=O) groups excluding carboxylic acids is 1. The Balaban J connectivity index is 1.47. The van der Waals surface area contributed by atoms with E-state index < -0.39 is 0 Å². The van der Waals surface area contributed by atoms with Gasteiger partial charge in [-0.2, -0.15) is 0 Å². The van der Waals surface area contributed by atoms with Crippen LogP contribution in [-0.2, 0) is 17.9 Å². The number of benzene rings is 1. The lowest BCUT2D eigenvalue weighted by Gasteiger charge is -2.21. The Morgan fingerprint density at radius 3 is 2.71 bits per heavy atom. The van der Waals surface area contributed by atoms with Crippen LogP contribution in [0.25, 0.3) is 5.69 Å². The van der Waals surface area contributed by atoms with Gasteiger partial charge < -0.3 is 9.32 Å². The summed E-state index contributed by atoms with van der Waals surface area (Å²) in [6, 6.07) is 14.1. The molecule has 0 aliphatic carbocycles. The second kappa shape index (κ2) is 9.53. The fourth-order valence-corrected chi connectivity index (χ4v) is 4.91. The SMILES string of the molecule is Cc1ccc(CN(Cc2ccco2)C(=O)CSc2nncn2-c2ccc(C)c(C)c2)s1. The third-order valence-electron chi connectivity index (χ3n) is 5.03. The van der Waals surface area contributed by atoms with Gasteiger partial charge in [0, 0.05) is 15.4 Å². The molecular weight excluding hydrogens is 428 g/mol. The maximum atomic E-state index is 13.1. The summed E-state index contributed by atoms with van der Waals surface area (Å²) in [6.07, 6.45) is 3.32. The van der Waals surface area contributed by atoms with Gasteiger partial charge in [0.25, 0.3) is 0 Å². The quantitative estimate of drug-likeness (QED) is 0.345. The molecule has 0 aliphatic heterocycles. The molecule has 6 nitrogen and oxygen atoms in total. The first-order valence-electron chi connectivity index (χ1n) is 9.95. The number of amides is 1. The Hall–Kier alpha value is -2.84. The highest BCUT2D eigenvalue weighted by Gasteiger charge is 2.19. The van der Waals surface area contributed by atoms with Crippen molar-refractivity contribution in [3.63, 3.8) is 0 Å². The van der Waals surface area contributed by atoms with Gasteiger partial charge in [-0.15, -0.1) is 21.5 Å². The van der Waals surface area contributed by atoms with Crippen LogP contribution in [0.5, 0.6) is 0 Å². The monoisotopic (exact) mass is 452 g/mol. The lowest BCUT2D eigenvalue weighted by Crippen LogP contribution is -2.31. The number of furan rings is 1. The van der Waals surface area contributed by atoms with E-state index in [9.17, 15) is 4.79 Å². The maximum absolute atomic E-state index is 13.1. The molecule has 3 aromatic heterocycles. The first kappa shape index (κ1) is 21.4. The largest absolute Gasteiger partial charge is 0.467 e. The molecule has 0 saturated heterocycles. The molecule has 31 heavy (non-hydrogen) atoms. The van der Waals surface area contributed by atoms with Gasteiger partial charge >= 0.3 is 0 Å². The molecule has 0 unspecified atom stereocenters. The van der Waals surface area contributed by atoms with Crippen molar-refractivity contribution in [2.24, 2.45) is 0 Å². The topological polar surface area (TPSA) is 64.2 Å². The minimum atomic E-state index is 0.0297. The van der Waals surface area contributed by atoms with E-state index in [1.165, 1.54) is 27.8 Å². The lowest BCUT2D eigenvalue weighted by molar-refractivity contribution is -0.129. The lowest BCUT2D eigenvalue weighted by atomic mass is 10.1. The molecule has 0 radical (unpaired) electrons. The van der Waals surface area contributed by atoms with Crippen LogP contribution < -0.4 is 0 Å². The van der Waals surface area contributed by atoms with Gasteiger partial charge in [-0.25, -0.2) is 0 Å². The van der Waals surface area contributed by atoms with Gasteiger partial charge in [-0.1, -0.05) is 17.8 Å². The third-order valence-corrected chi connectivity index (χ3v) is 6.95. The molecule has 0 aliphatic rings. The molecular formula is C23H24N4O2S2. The highest BCUT2D eigenvalue weighted by Crippen LogP contribution is 2.23. The summed E-state index contributed by atoms with van der Waals surface area (Å²) >= 11 is 3.10. The van der Waals surface area contributed by atoms with Crippen LogP contribution in [0, 0.1) is 20.8 Å². The van der Waals surface area contributed by atoms with Gasteiger partial charge in [0.05, 0.1) is 25.1 Å². The van der Waals surface area contributed by atoms with Crippen molar-refractivity contribution in [3.8, 4) is 5.69 Å². The second-order valence-corrected chi connectivity index (χ2v) is 9.70. The zero-order valence-electron chi connectivity index (χ0n) is 17.7. The fraction of sp³-hybridized carbons (Fsp3) is 0.261. The van der Waals surface area contributed by atoms with Crippen molar-refractivity contribution in [2.45, 2.75) is 39.0 Å². The van der Waals surface area contributed by atoms with Crippen molar-refractivity contribution in [1.29, 1.82) is 0 Å². The summed E-state index contributed by atoms with van der Waals surface area (Å²) in [7, 11) is 0. The van der Waals surface area contributed by atoms with E-state index in [0.717, 1.165) is 16.3 Å². The molecule has 4 aromatic rings. The van der Waals surface area contributed by atoms with Crippen LogP contribution in [0.1, 0.15) is 26.6 Å². The highest BCUT2D eigenvalue weighted by atomic mass is 32.2. The number of carbonyl (C=O) groups is 1. The Morgan fingerprint density at radius 2 is 2.00 bits per heavy atom. The first-order valence-corrected chi connectivity index (χ1v) is 11.8. The normalized spacial score (nSPS) is 11.1. The van der Waals surface area contributed by atoms with Gasteiger partial charge in [0.1, 0.15) is 12.1 Å². The smallest absolute Gasteiger partial charge is 0.233 e. The summed E-state index contributed by atoms with van der Waals surface area (Å²) in [5.41, 5.74) is 3.43. The van der Waals surface area contributed by atoms with Crippen molar-refractivity contribution in [1.82, 2.24) is 19.7 Å². The van der Waals surface area contributed by atoms with Gasteiger partial charge in [-0.3, -0.25) is 9.36 Å². The number of thioether (sulfide) groups is 1. The van der Waals surface area contributed by atoms with Gasteiger partial charge in [0.15, 0.2) is 5.16 Å². The van der Waals surface area contributed by atoms with E-state index in [0.29, 0.717) is 18.2 Å². The Kier molecular flexibility index (Phi) is 6.58. The van der Waals surface area contributed by atoms with Crippen LogP contribution in [0.15, 0.2) is 64.6 Å². The molecule has 3 heterocycles. The van der Waals surface area contributed by atoms with Gasteiger partial charge in [0.2, 0.25) is 5.91 Å². The van der Waals surface area contributed by atoms with Crippen molar-refractivity contribution in [3.05, 3.63) is 81.7 Å². The van der Waals surface area contributed by atoms with E-state index in [4.69, 9.17) is 4.42 Å². The predicted octanol–water partition coefficient (Wildman–Crippen LogP) is 5.17. The summed E-state index contributed by atoms with van der Waals surface area (Å²) in [5.74, 6) is 1.07. The Bertz CT molecular complexity index is 1160. The van der Waals surface area contributed by atoms with E-state index >= 15 is 0 Å². The van der Waals surface area contributed by atoms with Crippen molar-refractivity contribution >= 4 is 29.0 Å². The summed E-state index contributed by atoms with van der Waals surface area (Å²) < 4.78 is 7.40. The molecule has 1 amide bonds. The number of thiophene rings is 1. The van der Waals surface area contributed by atoms with E-state index in [1.54, 1.807) is 23.9 Å². The Labute approximate surface area is 189 Å². The van der Waals surface area contributed by atoms with E-state index in [2.05, 4.69) is 55.2 Å². The van der Waals surface area contributed by atoms with Crippen LogP contribution >= 0.6 is 23.1 Å². The zero-order valence-corrected chi connectivity index (χ0v) is 19.4. The van der Waals surface area contributed by atoms with Crippen molar-refractivity contribution in [2.75, 3.05) is 5.75 Å². The average molecular weight is 453 g/mol. The minimum Gasteiger partial charge on any atom is -0.467 e. The number of aromatic nitrogens is 3. The number of nitrogens with zero attached hydrogens (tertiary/aromatic N) is 4. The number of hydrogen-bond donors (Lipinski definition) is 0. The molecule has 8 heteroatoms. The van der Waals surface area contributed by atoms with Crippen LogP contribution in [0.2, 0.25) is 0 Å². The zero-order chi connectivity index (χ0) is 21.8. The molecule has 160 valence electrons. The Morgan fingerprint density at radius 1 is 1.13 bits per heavy atom. The van der Waals surface area contributed by atoms with E-state index in [1.807, 2.05) is 27.7 Å². The molecule has 0 atom stereocenters. The number of aryl methyl sites for hydroxylation is 3. The third kappa shape index (κ3) is 5.26. The minimum absolute atomic E-state index is 0.0297. The number of hydrogen-bond acceptors (Lipinski definition) is 6. The number of rotatable bonds is 8. The fourth-order valence-electron chi connectivity index (χ4n) is 3.17. The molecule has 0 fully saturated rings. The van der Waals surface area contributed by atoms with Crippen LogP contribution in [0.4, 0.5) is 0 Å².